The lowest BCUT2D eigenvalue weighted by atomic mass is 9.86. The van der Waals surface area contributed by atoms with Gasteiger partial charge in [-0.3, -0.25) is 4.79 Å². The van der Waals surface area contributed by atoms with Crippen molar-refractivity contribution in [1.82, 2.24) is 20.3 Å². The Morgan fingerprint density at radius 3 is 2.52 bits per heavy atom. The third-order valence-electron chi connectivity index (χ3n) is 6.18. The van der Waals surface area contributed by atoms with Crippen LogP contribution in [-0.2, 0) is 11.3 Å². The zero-order valence-corrected chi connectivity index (χ0v) is 19.3. The summed E-state index contributed by atoms with van der Waals surface area (Å²) < 4.78 is 13.1. The Labute approximate surface area is 195 Å². The zero-order chi connectivity index (χ0) is 23.0. The molecule has 0 radical (unpaired) electrons. The van der Waals surface area contributed by atoms with E-state index in [0.717, 1.165) is 23.5 Å². The smallest absolute Gasteiger partial charge is 0.253 e. The topological polar surface area (TPSA) is 78.3 Å². The molecule has 4 rings (SSSR count). The van der Waals surface area contributed by atoms with Gasteiger partial charge >= 0.3 is 0 Å². The number of aromatic nitrogens is 3. The summed E-state index contributed by atoms with van der Waals surface area (Å²) in [4.78, 5) is 13.1. The van der Waals surface area contributed by atoms with Gasteiger partial charge in [-0.15, -0.1) is 0 Å². The van der Waals surface area contributed by atoms with E-state index < -0.39 is 0 Å². The van der Waals surface area contributed by atoms with Crippen molar-refractivity contribution in [3.05, 3.63) is 71.9 Å². The lowest BCUT2D eigenvalue weighted by molar-refractivity contribution is -0.123. The third-order valence-corrected chi connectivity index (χ3v) is 6.18. The second-order valence-corrected chi connectivity index (χ2v) is 8.58. The van der Waals surface area contributed by atoms with Crippen molar-refractivity contribution < 1.29 is 14.3 Å². The molecule has 1 aliphatic rings. The SMILES string of the molecule is CCOc1cn(C[C@H](NC(=O)[C@@H](C)c2ccccc2)c2ccc(OCC3CCC3)cc2)nn1. The van der Waals surface area contributed by atoms with Gasteiger partial charge in [0.15, 0.2) is 0 Å². The first-order chi connectivity index (χ1) is 16.1. The molecule has 1 heterocycles. The molecular formula is C26H32N4O3. The second kappa shape index (κ2) is 11.0. The highest BCUT2D eigenvalue weighted by molar-refractivity contribution is 5.83. The predicted molar refractivity (Wildman–Crippen MR) is 126 cm³/mol. The predicted octanol–water partition coefficient (Wildman–Crippen LogP) is 4.52. The van der Waals surface area contributed by atoms with Gasteiger partial charge in [-0.25, -0.2) is 4.68 Å². The number of benzene rings is 2. The molecule has 0 unspecified atom stereocenters. The number of hydrogen-bond acceptors (Lipinski definition) is 5. The third kappa shape index (κ3) is 6.12. The number of carbonyl (C=O) groups excluding carboxylic acids is 1. The maximum Gasteiger partial charge on any atom is 0.253 e. The van der Waals surface area contributed by atoms with Gasteiger partial charge in [-0.05, 0) is 55.9 Å². The highest BCUT2D eigenvalue weighted by Gasteiger charge is 2.22. The van der Waals surface area contributed by atoms with E-state index in [1.807, 2.05) is 68.4 Å². The van der Waals surface area contributed by atoms with Crippen LogP contribution in [0.3, 0.4) is 0 Å². The van der Waals surface area contributed by atoms with E-state index in [9.17, 15) is 4.79 Å². The number of rotatable bonds is 11. The van der Waals surface area contributed by atoms with Crippen LogP contribution in [-0.4, -0.2) is 34.1 Å². The Morgan fingerprint density at radius 2 is 1.85 bits per heavy atom. The van der Waals surface area contributed by atoms with Gasteiger partial charge in [0.1, 0.15) is 5.75 Å². The molecule has 33 heavy (non-hydrogen) atoms. The fourth-order valence-electron chi connectivity index (χ4n) is 3.87. The normalized spacial score (nSPS) is 15.3. The van der Waals surface area contributed by atoms with E-state index in [-0.39, 0.29) is 17.9 Å². The highest BCUT2D eigenvalue weighted by atomic mass is 16.5. The molecule has 0 saturated heterocycles. The van der Waals surface area contributed by atoms with E-state index in [1.54, 1.807) is 10.9 Å². The molecule has 1 aromatic heterocycles. The van der Waals surface area contributed by atoms with Gasteiger partial charge in [0.05, 0.1) is 37.9 Å². The Hall–Kier alpha value is -3.35. The molecule has 0 bridgehead atoms. The summed E-state index contributed by atoms with van der Waals surface area (Å²) in [5.74, 6) is 1.70. The minimum atomic E-state index is -0.277. The summed E-state index contributed by atoms with van der Waals surface area (Å²) in [6.45, 7) is 5.56. The molecule has 1 amide bonds. The summed E-state index contributed by atoms with van der Waals surface area (Å²) in [5.41, 5.74) is 1.96. The molecule has 3 aromatic rings. The Morgan fingerprint density at radius 1 is 1.09 bits per heavy atom. The molecule has 7 heteroatoms. The van der Waals surface area contributed by atoms with E-state index in [4.69, 9.17) is 9.47 Å². The van der Waals surface area contributed by atoms with Crippen molar-refractivity contribution in [3.8, 4) is 11.6 Å². The van der Waals surface area contributed by atoms with Crippen molar-refractivity contribution in [1.29, 1.82) is 0 Å². The molecule has 174 valence electrons. The van der Waals surface area contributed by atoms with Crippen LogP contribution in [0.2, 0.25) is 0 Å². The van der Waals surface area contributed by atoms with Gasteiger partial charge in [0.25, 0.3) is 5.88 Å². The Balaban J connectivity index is 1.48. The summed E-state index contributed by atoms with van der Waals surface area (Å²) >= 11 is 0. The zero-order valence-electron chi connectivity index (χ0n) is 19.3. The van der Waals surface area contributed by atoms with Crippen LogP contribution in [0.15, 0.2) is 60.8 Å². The van der Waals surface area contributed by atoms with Crippen LogP contribution in [0.5, 0.6) is 11.6 Å². The van der Waals surface area contributed by atoms with Crippen LogP contribution < -0.4 is 14.8 Å². The highest BCUT2D eigenvalue weighted by Crippen LogP contribution is 2.28. The summed E-state index contributed by atoms with van der Waals surface area (Å²) in [7, 11) is 0. The minimum Gasteiger partial charge on any atom is -0.493 e. The van der Waals surface area contributed by atoms with Crippen LogP contribution >= 0.6 is 0 Å². The maximum atomic E-state index is 13.1. The summed E-state index contributed by atoms with van der Waals surface area (Å²) in [5, 5.41) is 11.4. The second-order valence-electron chi connectivity index (χ2n) is 8.58. The van der Waals surface area contributed by atoms with E-state index in [2.05, 4.69) is 15.6 Å². The standard InChI is InChI=1S/C26H32N4O3/c1-3-32-25-17-30(29-28-25)16-24(27-26(31)19(2)21-10-5-4-6-11-21)22-12-14-23(15-13-22)33-18-20-8-7-9-20/h4-6,10-15,17,19-20,24H,3,7-9,16,18H2,1-2H3,(H,27,31)/t19-,24-/m0/s1. The fraction of sp³-hybridized carbons (Fsp3) is 0.423. The lowest BCUT2D eigenvalue weighted by Gasteiger charge is -2.25. The van der Waals surface area contributed by atoms with E-state index in [0.29, 0.717) is 24.9 Å². The lowest BCUT2D eigenvalue weighted by Crippen LogP contribution is -2.34. The van der Waals surface area contributed by atoms with Gasteiger partial charge in [-0.2, -0.15) is 0 Å². The van der Waals surface area contributed by atoms with Gasteiger partial charge in [-0.1, -0.05) is 59.2 Å². The van der Waals surface area contributed by atoms with Crippen molar-refractivity contribution in [2.75, 3.05) is 13.2 Å². The largest absolute Gasteiger partial charge is 0.493 e. The number of ether oxygens (including phenoxy) is 2. The summed E-state index contributed by atoms with van der Waals surface area (Å²) in [6, 6.07) is 17.5. The average molecular weight is 449 g/mol. The number of nitrogens with zero attached hydrogens (tertiary/aromatic N) is 3. The average Bonchev–Trinajstić information content (AvgIpc) is 3.25. The van der Waals surface area contributed by atoms with Crippen molar-refractivity contribution >= 4 is 5.91 Å². The molecular weight excluding hydrogens is 416 g/mol. The first-order valence-corrected chi connectivity index (χ1v) is 11.7. The molecule has 0 aliphatic heterocycles. The number of amides is 1. The quantitative estimate of drug-likeness (QED) is 0.467. The summed E-state index contributed by atoms with van der Waals surface area (Å²) in [6.07, 6.45) is 5.57. The molecule has 0 spiro atoms. The number of carbonyl (C=O) groups is 1. The van der Waals surface area contributed by atoms with Gasteiger partial charge < -0.3 is 14.8 Å². The molecule has 1 fully saturated rings. The first kappa shape index (κ1) is 22.8. The minimum absolute atomic E-state index is 0.0401. The monoisotopic (exact) mass is 448 g/mol. The fourth-order valence-corrected chi connectivity index (χ4v) is 3.87. The van der Waals surface area contributed by atoms with E-state index in [1.165, 1.54) is 19.3 Å². The number of nitrogens with one attached hydrogen (secondary N) is 1. The molecule has 1 N–H and O–H groups in total. The van der Waals surface area contributed by atoms with Crippen LogP contribution in [0.25, 0.3) is 0 Å². The van der Waals surface area contributed by atoms with E-state index >= 15 is 0 Å². The molecule has 2 aromatic carbocycles. The molecule has 2 atom stereocenters. The molecule has 1 saturated carbocycles. The Kier molecular flexibility index (Phi) is 7.60. The van der Waals surface area contributed by atoms with Crippen molar-refractivity contribution in [3.63, 3.8) is 0 Å². The van der Waals surface area contributed by atoms with Crippen LogP contribution in [0.1, 0.15) is 56.2 Å². The Bertz CT molecular complexity index is 1020. The first-order valence-electron chi connectivity index (χ1n) is 11.7. The van der Waals surface area contributed by atoms with Crippen molar-refractivity contribution in [2.24, 2.45) is 5.92 Å². The molecule has 1 aliphatic carbocycles. The van der Waals surface area contributed by atoms with Crippen LogP contribution in [0.4, 0.5) is 0 Å². The van der Waals surface area contributed by atoms with Crippen LogP contribution in [0, 0.1) is 5.92 Å². The van der Waals surface area contributed by atoms with Gasteiger partial charge in [0, 0.05) is 0 Å². The van der Waals surface area contributed by atoms with Gasteiger partial charge in [0.2, 0.25) is 5.91 Å². The molecule has 7 nitrogen and oxygen atoms in total. The van der Waals surface area contributed by atoms with Crippen molar-refractivity contribution in [2.45, 2.75) is 51.6 Å². The maximum absolute atomic E-state index is 13.1. The number of hydrogen-bond donors (Lipinski definition) is 1.